The lowest BCUT2D eigenvalue weighted by Gasteiger charge is -2.34. The van der Waals surface area contributed by atoms with Gasteiger partial charge in [-0.05, 0) is 143 Å². The highest BCUT2D eigenvalue weighted by atomic mass is 15.0. The van der Waals surface area contributed by atoms with E-state index in [0.29, 0.717) is 0 Å². The number of para-hydroxylation sites is 1. The van der Waals surface area contributed by atoms with Gasteiger partial charge in [-0.3, -0.25) is 0 Å². The molecule has 13 aromatic rings. The van der Waals surface area contributed by atoms with Crippen molar-refractivity contribution in [3.05, 3.63) is 330 Å². The normalized spacial score (nSPS) is 12.8. The maximum absolute atomic E-state index is 2.48. The molecule has 0 saturated carbocycles. The van der Waals surface area contributed by atoms with E-state index in [9.17, 15) is 0 Å². The molecule has 0 bridgehead atoms. The van der Waals surface area contributed by atoms with Crippen LogP contribution in [0.3, 0.4) is 0 Å². The minimum atomic E-state index is -0.504. The minimum absolute atomic E-state index is 0.504. The molecule has 1 aromatic heterocycles. The molecule has 12 aromatic carbocycles. The number of fused-ring (bicyclic) bond motifs is 7. The van der Waals surface area contributed by atoms with Crippen LogP contribution in [0.15, 0.2) is 291 Å². The van der Waals surface area contributed by atoms with Crippen LogP contribution in [0.5, 0.6) is 0 Å². The van der Waals surface area contributed by atoms with Crippen LogP contribution in [0, 0.1) is 0 Å². The van der Waals surface area contributed by atoms with Gasteiger partial charge in [-0.1, -0.05) is 249 Å². The molecule has 0 radical (unpaired) electrons. The fourth-order valence-electron chi connectivity index (χ4n) is 12.1. The van der Waals surface area contributed by atoms with E-state index in [2.05, 4.69) is 302 Å². The largest absolute Gasteiger partial charge is 0.309 e. The fraction of sp³-hybridized carbons (Fsp3) is 0.0137. The second-order valence-corrected chi connectivity index (χ2v) is 19.6. The Morgan fingerprint density at radius 2 is 0.838 bits per heavy atom. The van der Waals surface area contributed by atoms with Gasteiger partial charge in [0.15, 0.2) is 0 Å². The van der Waals surface area contributed by atoms with Gasteiger partial charge in [0.1, 0.15) is 0 Å². The topological polar surface area (TPSA) is 4.93 Å². The Morgan fingerprint density at radius 1 is 0.311 bits per heavy atom. The molecule has 346 valence electrons. The highest BCUT2D eigenvalue weighted by Crippen LogP contribution is 2.56. The van der Waals surface area contributed by atoms with Crippen LogP contribution in [-0.2, 0) is 5.41 Å². The minimum Gasteiger partial charge on any atom is -0.309 e. The van der Waals surface area contributed by atoms with Crippen molar-refractivity contribution in [2.24, 2.45) is 0 Å². The van der Waals surface area contributed by atoms with Gasteiger partial charge in [0.25, 0.3) is 0 Å². The molecule has 0 aliphatic heterocycles. The van der Waals surface area contributed by atoms with E-state index in [0.717, 1.165) is 11.1 Å². The molecule has 1 nitrogen and oxygen atoms in total. The predicted octanol–water partition coefficient (Wildman–Crippen LogP) is 18.9. The van der Waals surface area contributed by atoms with Crippen molar-refractivity contribution in [3.63, 3.8) is 0 Å². The smallest absolute Gasteiger partial charge is 0.0713 e. The van der Waals surface area contributed by atoms with Gasteiger partial charge in [0, 0.05) is 16.2 Å². The summed E-state index contributed by atoms with van der Waals surface area (Å²) in [6.45, 7) is 0. The number of rotatable bonds is 9. The van der Waals surface area contributed by atoms with E-state index in [-0.39, 0.29) is 0 Å². The van der Waals surface area contributed by atoms with Crippen LogP contribution in [0.2, 0.25) is 0 Å². The van der Waals surface area contributed by atoms with Crippen LogP contribution in [-0.4, -0.2) is 4.57 Å². The summed E-state index contributed by atoms with van der Waals surface area (Å²) in [5.41, 5.74) is 22.5. The molecule has 0 saturated heterocycles. The quantitative estimate of drug-likeness (QED) is 0.127. The molecule has 0 fully saturated rings. The van der Waals surface area contributed by atoms with Crippen LogP contribution in [0.25, 0.3) is 94.4 Å². The third-order valence-corrected chi connectivity index (χ3v) is 15.5. The van der Waals surface area contributed by atoms with Crippen molar-refractivity contribution in [1.82, 2.24) is 4.57 Å². The van der Waals surface area contributed by atoms with E-state index >= 15 is 0 Å². The molecule has 14 rings (SSSR count). The van der Waals surface area contributed by atoms with Crippen LogP contribution < -0.4 is 0 Å². The van der Waals surface area contributed by atoms with Crippen molar-refractivity contribution in [3.8, 4) is 50.2 Å². The Bertz CT molecular complexity index is 4230. The Morgan fingerprint density at radius 3 is 1.61 bits per heavy atom. The van der Waals surface area contributed by atoms with E-state index < -0.39 is 5.41 Å². The van der Waals surface area contributed by atoms with E-state index in [4.69, 9.17) is 0 Å². The molecular weight excluding hydrogens is 891 g/mol. The van der Waals surface area contributed by atoms with Crippen molar-refractivity contribution in [2.45, 2.75) is 5.41 Å². The molecule has 0 unspecified atom stereocenters. The Balaban J connectivity index is 0.890. The zero-order chi connectivity index (χ0) is 49.0. The summed E-state index contributed by atoms with van der Waals surface area (Å²) in [4.78, 5) is 0. The van der Waals surface area contributed by atoms with Gasteiger partial charge in [-0.15, -0.1) is 0 Å². The van der Waals surface area contributed by atoms with Crippen LogP contribution in [0.1, 0.15) is 38.9 Å². The second-order valence-electron chi connectivity index (χ2n) is 19.6. The maximum atomic E-state index is 2.48. The molecular formula is C73H49N. The third-order valence-electron chi connectivity index (χ3n) is 15.5. The molecule has 0 spiro atoms. The molecule has 1 heteroatoms. The van der Waals surface area contributed by atoms with Gasteiger partial charge in [-0.2, -0.15) is 0 Å². The number of aromatic nitrogens is 1. The molecule has 1 aliphatic rings. The lowest BCUT2D eigenvalue weighted by atomic mass is 9.67. The first-order chi connectivity index (χ1) is 36.7. The summed E-state index contributed by atoms with van der Waals surface area (Å²) in [6, 6.07) is 107. The van der Waals surface area contributed by atoms with Crippen molar-refractivity contribution in [1.29, 1.82) is 0 Å². The Hall–Kier alpha value is -9.56. The third kappa shape index (κ3) is 7.16. The molecule has 0 amide bonds. The molecule has 1 aliphatic carbocycles. The van der Waals surface area contributed by atoms with Gasteiger partial charge in [-0.25, -0.2) is 0 Å². The first kappa shape index (κ1) is 43.2. The zero-order valence-corrected chi connectivity index (χ0v) is 40.7. The summed E-state index contributed by atoms with van der Waals surface area (Å²) in [5.74, 6) is 0. The van der Waals surface area contributed by atoms with Gasteiger partial charge >= 0.3 is 0 Å². The second kappa shape index (κ2) is 17.9. The van der Waals surface area contributed by atoms with Crippen molar-refractivity contribution >= 4 is 44.2 Å². The van der Waals surface area contributed by atoms with Gasteiger partial charge in [0.05, 0.1) is 22.1 Å². The predicted molar refractivity (Wildman–Crippen MR) is 312 cm³/mol. The average molecular weight is 940 g/mol. The Kier molecular flexibility index (Phi) is 10.5. The molecule has 74 heavy (non-hydrogen) atoms. The first-order valence-corrected chi connectivity index (χ1v) is 25.6. The molecule has 1 heterocycles. The zero-order valence-electron chi connectivity index (χ0n) is 40.7. The van der Waals surface area contributed by atoms with Crippen LogP contribution >= 0.6 is 0 Å². The number of nitrogens with zero attached hydrogens (tertiary/aromatic N) is 1. The lowest BCUT2D eigenvalue weighted by Crippen LogP contribution is -2.28. The molecule has 0 N–H and O–H groups in total. The summed E-state index contributed by atoms with van der Waals surface area (Å²) < 4.78 is 2.43. The summed E-state index contributed by atoms with van der Waals surface area (Å²) in [5, 5.41) is 4.97. The van der Waals surface area contributed by atoms with E-state index in [1.165, 1.54) is 116 Å². The highest BCUT2D eigenvalue weighted by molar-refractivity contribution is 6.12. The van der Waals surface area contributed by atoms with Crippen LogP contribution in [0.4, 0.5) is 0 Å². The maximum Gasteiger partial charge on any atom is 0.0713 e. The SMILES string of the molecule is C(=C(c1ccc(-c2ccccc2)cc1)c1ccc2c(c1)C(c1ccccc1)(c1ccccc1)c1ccccc1-2)c1cccc(-c2cccc(-c3ccc4c(c3)c3ccccc3n4-c3cccc4ccccc34)c2)c1. The van der Waals surface area contributed by atoms with Crippen molar-refractivity contribution in [2.75, 3.05) is 0 Å². The summed E-state index contributed by atoms with van der Waals surface area (Å²) >= 11 is 0. The molecule has 0 atom stereocenters. The fourth-order valence-corrected chi connectivity index (χ4v) is 12.1. The number of benzene rings is 12. The number of hydrogen-bond donors (Lipinski definition) is 0. The first-order valence-electron chi connectivity index (χ1n) is 25.6. The number of hydrogen-bond acceptors (Lipinski definition) is 0. The highest BCUT2D eigenvalue weighted by Gasteiger charge is 2.46. The monoisotopic (exact) mass is 939 g/mol. The van der Waals surface area contributed by atoms with E-state index in [1.807, 2.05) is 0 Å². The summed E-state index contributed by atoms with van der Waals surface area (Å²) in [6.07, 6.45) is 2.39. The van der Waals surface area contributed by atoms with Gasteiger partial charge < -0.3 is 4.57 Å². The lowest BCUT2D eigenvalue weighted by molar-refractivity contribution is 0.768. The average Bonchev–Trinajstić information content (AvgIpc) is 4.03. The van der Waals surface area contributed by atoms with Crippen molar-refractivity contribution < 1.29 is 0 Å². The Labute approximate surface area is 432 Å². The van der Waals surface area contributed by atoms with E-state index in [1.54, 1.807) is 0 Å². The van der Waals surface area contributed by atoms with Gasteiger partial charge in [0.2, 0.25) is 0 Å². The standard InChI is InChI=1S/C73H49N/c1-4-20-51(21-5-1)52-37-39-54(40-38-52)66(59-41-43-64-63-32-12-14-34-68(63)73(69(64)49-59,60-27-6-2-7-28-60)61-29-8-3-9-30-61)46-50-19-16-24-55(45-50)56-25-17-26-57(47-56)58-42-44-72-67(48-58)65-33-13-15-35-71(65)74(72)70-36-18-23-53-22-10-11-31-62(53)70/h1-49H. The summed E-state index contributed by atoms with van der Waals surface area (Å²) in [7, 11) is 0.